The molecule has 168 valence electrons. The minimum Gasteiger partial charge on any atom is -0.506 e. The third kappa shape index (κ3) is 4.19. The van der Waals surface area contributed by atoms with E-state index in [9.17, 15) is 10.2 Å². The summed E-state index contributed by atoms with van der Waals surface area (Å²) in [5.74, 6) is 1.87. The first kappa shape index (κ1) is 21.2. The van der Waals surface area contributed by atoms with E-state index in [2.05, 4.69) is 58.3 Å². The number of para-hydroxylation sites is 1. The number of phenolic OH excluding ortho intramolecular Hbond substituents is 1. The van der Waals surface area contributed by atoms with E-state index >= 15 is 0 Å². The predicted octanol–water partition coefficient (Wildman–Crippen LogP) is 4.77. The number of imidazole rings is 1. The van der Waals surface area contributed by atoms with Crippen molar-refractivity contribution in [1.29, 1.82) is 0 Å². The summed E-state index contributed by atoms with van der Waals surface area (Å²) in [6.07, 6.45) is 8.19. The summed E-state index contributed by atoms with van der Waals surface area (Å²) in [6, 6.07) is 16.1. The van der Waals surface area contributed by atoms with Crippen LogP contribution >= 0.6 is 0 Å². The lowest BCUT2D eigenvalue weighted by atomic mass is 9.61. The lowest BCUT2D eigenvalue weighted by Crippen LogP contribution is -2.48. The number of aliphatic hydroxyl groups is 1. The van der Waals surface area contributed by atoms with Gasteiger partial charge in [0.15, 0.2) is 0 Å². The first-order valence-electron chi connectivity index (χ1n) is 11.9. The number of phenols is 1. The SMILES string of the molecule is CN(CCCc1nc2c(O)cccc2[nH]1)CCC1(O)CC2CCC1C=C2c1ccccc1. The zero-order valence-electron chi connectivity index (χ0n) is 18.8. The van der Waals surface area contributed by atoms with Crippen molar-refractivity contribution in [2.45, 2.75) is 44.1 Å². The highest BCUT2D eigenvalue weighted by atomic mass is 16.3. The molecule has 3 aliphatic rings. The summed E-state index contributed by atoms with van der Waals surface area (Å²) in [7, 11) is 2.14. The number of H-pyrrole nitrogens is 1. The first-order valence-corrected chi connectivity index (χ1v) is 11.9. The van der Waals surface area contributed by atoms with Crippen LogP contribution < -0.4 is 0 Å². The average molecular weight is 432 g/mol. The molecule has 6 rings (SSSR count). The summed E-state index contributed by atoms with van der Waals surface area (Å²) in [5.41, 5.74) is 3.71. The first-order chi connectivity index (χ1) is 15.5. The molecule has 5 nitrogen and oxygen atoms in total. The van der Waals surface area contributed by atoms with Crippen molar-refractivity contribution in [3.05, 3.63) is 66.0 Å². The lowest BCUT2D eigenvalue weighted by molar-refractivity contribution is -0.0574. The molecule has 0 spiro atoms. The Labute approximate surface area is 189 Å². The summed E-state index contributed by atoms with van der Waals surface area (Å²) >= 11 is 0. The van der Waals surface area contributed by atoms with Crippen LogP contribution in [0.4, 0.5) is 0 Å². The highest BCUT2D eigenvalue weighted by Gasteiger charge is 2.46. The van der Waals surface area contributed by atoms with Crippen LogP contribution in [0.15, 0.2) is 54.6 Å². The third-order valence-corrected chi connectivity index (χ3v) is 7.46. The number of hydrogen-bond donors (Lipinski definition) is 3. The molecule has 1 aromatic heterocycles. The van der Waals surface area contributed by atoms with Crippen LogP contribution in [0.1, 0.15) is 43.5 Å². The van der Waals surface area contributed by atoms with E-state index in [-0.39, 0.29) is 11.7 Å². The molecule has 0 aliphatic heterocycles. The van der Waals surface area contributed by atoms with Crippen LogP contribution in [-0.2, 0) is 6.42 Å². The number of aromatic amines is 1. The summed E-state index contributed by atoms with van der Waals surface area (Å²) < 4.78 is 0. The Balaban J connectivity index is 1.13. The van der Waals surface area contributed by atoms with E-state index in [1.165, 1.54) is 17.6 Å². The highest BCUT2D eigenvalue weighted by Crippen LogP contribution is 2.51. The predicted molar refractivity (Wildman–Crippen MR) is 128 cm³/mol. The molecule has 0 radical (unpaired) electrons. The molecule has 3 atom stereocenters. The number of aryl methyl sites for hydroxylation is 1. The maximum Gasteiger partial charge on any atom is 0.143 e. The van der Waals surface area contributed by atoms with Crippen LogP contribution in [0.25, 0.3) is 16.6 Å². The Morgan fingerprint density at radius 2 is 1.94 bits per heavy atom. The summed E-state index contributed by atoms with van der Waals surface area (Å²) in [6.45, 7) is 1.85. The fourth-order valence-corrected chi connectivity index (χ4v) is 5.64. The van der Waals surface area contributed by atoms with Gasteiger partial charge in [0.1, 0.15) is 17.1 Å². The second kappa shape index (κ2) is 8.72. The van der Waals surface area contributed by atoms with Gasteiger partial charge in [0, 0.05) is 18.9 Å². The van der Waals surface area contributed by atoms with Crippen molar-refractivity contribution in [1.82, 2.24) is 14.9 Å². The molecule has 3 unspecified atom stereocenters. The molecule has 2 aromatic carbocycles. The summed E-state index contributed by atoms with van der Waals surface area (Å²) in [4.78, 5) is 10.1. The van der Waals surface area contributed by atoms with Crippen molar-refractivity contribution in [2.75, 3.05) is 20.1 Å². The van der Waals surface area contributed by atoms with Crippen molar-refractivity contribution in [3.63, 3.8) is 0 Å². The maximum absolute atomic E-state index is 11.5. The van der Waals surface area contributed by atoms with E-state index in [0.29, 0.717) is 11.4 Å². The molecule has 3 N–H and O–H groups in total. The van der Waals surface area contributed by atoms with Gasteiger partial charge in [0.2, 0.25) is 0 Å². The van der Waals surface area contributed by atoms with Crippen LogP contribution in [-0.4, -0.2) is 50.8 Å². The molecule has 32 heavy (non-hydrogen) atoms. The van der Waals surface area contributed by atoms with Crippen LogP contribution in [0.3, 0.4) is 0 Å². The molecule has 3 aliphatic carbocycles. The Morgan fingerprint density at radius 3 is 2.69 bits per heavy atom. The smallest absolute Gasteiger partial charge is 0.143 e. The van der Waals surface area contributed by atoms with Gasteiger partial charge >= 0.3 is 0 Å². The zero-order valence-corrected chi connectivity index (χ0v) is 18.8. The quantitative estimate of drug-likeness (QED) is 0.480. The fraction of sp³-hybridized carbons (Fsp3) is 0.444. The minimum atomic E-state index is -0.578. The van der Waals surface area contributed by atoms with Crippen molar-refractivity contribution in [2.24, 2.45) is 11.8 Å². The zero-order chi connectivity index (χ0) is 22.1. The number of nitrogens with one attached hydrogen (secondary N) is 1. The van der Waals surface area contributed by atoms with Crippen molar-refractivity contribution < 1.29 is 10.2 Å². The third-order valence-electron chi connectivity index (χ3n) is 7.46. The molecule has 5 heteroatoms. The van der Waals surface area contributed by atoms with E-state index in [4.69, 9.17) is 0 Å². The average Bonchev–Trinajstić information content (AvgIpc) is 3.23. The van der Waals surface area contributed by atoms with Gasteiger partial charge in [-0.1, -0.05) is 42.5 Å². The van der Waals surface area contributed by atoms with E-state index in [1.807, 2.05) is 12.1 Å². The second-order valence-electron chi connectivity index (χ2n) is 9.69. The minimum absolute atomic E-state index is 0.224. The Hall–Kier alpha value is -2.63. The number of hydrogen-bond acceptors (Lipinski definition) is 4. The molecule has 0 saturated heterocycles. The van der Waals surface area contributed by atoms with Gasteiger partial charge in [-0.15, -0.1) is 0 Å². The number of nitrogens with zero attached hydrogens (tertiary/aromatic N) is 2. The number of fused-ring (bicyclic) bond motifs is 3. The van der Waals surface area contributed by atoms with Gasteiger partial charge in [-0.05, 0) is 74.9 Å². The molecule has 1 fully saturated rings. The number of rotatable bonds is 8. The van der Waals surface area contributed by atoms with E-state index < -0.39 is 5.60 Å². The van der Waals surface area contributed by atoms with Gasteiger partial charge in [0.25, 0.3) is 0 Å². The fourth-order valence-electron chi connectivity index (χ4n) is 5.64. The summed E-state index contributed by atoms with van der Waals surface area (Å²) in [5, 5.41) is 21.4. The number of allylic oxidation sites excluding steroid dienone is 1. The number of aromatic nitrogens is 2. The molecule has 0 amide bonds. The Bertz CT molecular complexity index is 1110. The lowest BCUT2D eigenvalue weighted by Gasteiger charge is -2.48. The Morgan fingerprint density at radius 1 is 1.09 bits per heavy atom. The number of benzene rings is 2. The molecular weight excluding hydrogens is 398 g/mol. The standard InChI is InChI=1S/C27H33N3O2/c1-30(15-6-11-25-28-23-9-5-10-24(31)26(23)29-25)16-14-27(32)18-20-12-13-21(27)17-22(20)19-7-3-2-4-8-19/h2-5,7-10,17,20-21,31-32H,6,11-16,18H2,1H3,(H,28,29). The van der Waals surface area contributed by atoms with Gasteiger partial charge in [-0.25, -0.2) is 4.98 Å². The van der Waals surface area contributed by atoms with Gasteiger partial charge < -0.3 is 20.1 Å². The largest absolute Gasteiger partial charge is 0.506 e. The molecule has 3 aromatic rings. The highest BCUT2D eigenvalue weighted by molar-refractivity contribution is 5.81. The normalized spacial score (nSPS) is 24.9. The molecule has 1 saturated carbocycles. The monoisotopic (exact) mass is 431 g/mol. The van der Waals surface area contributed by atoms with Crippen molar-refractivity contribution >= 4 is 16.6 Å². The second-order valence-corrected chi connectivity index (χ2v) is 9.69. The number of aromatic hydroxyl groups is 1. The maximum atomic E-state index is 11.5. The van der Waals surface area contributed by atoms with Gasteiger partial charge in [0.05, 0.1) is 11.1 Å². The van der Waals surface area contributed by atoms with E-state index in [0.717, 1.165) is 56.5 Å². The molecule has 1 heterocycles. The topological polar surface area (TPSA) is 72.4 Å². The van der Waals surface area contributed by atoms with Crippen LogP contribution in [0.5, 0.6) is 5.75 Å². The van der Waals surface area contributed by atoms with Crippen molar-refractivity contribution in [3.8, 4) is 5.75 Å². The van der Waals surface area contributed by atoms with Crippen LogP contribution in [0, 0.1) is 11.8 Å². The van der Waals surface area contributed by atoms with Crippen LogP contribution in [0.2, 0.25) is 0 Å². The van der Waals surface area contributed by atoms with Gasteiger partial charge in [-0.2, -0.15) is 0 Å². The van der Waals surface area contributed by atoms with E-state index in [1.54, 1.807) is 6.07 Å². The Kier molecular flexibility index (Phi) is 5.78. The molecular formula is C27H33N3O2. The van der Waals surface area contributed by atoms with Gasteiger partial charge in [-0.3, -0.25) is 0 Å². The molecule has 2 bridgehead atoms.